The number of hydrogen-bond donors (Lipinski definition) is 4. The SMILES string of the molecule is CC(N)NC(C)NCCO. The molecule has 0 rings (SSSR count). The highest BCUT2D eigenvalue weighted by Gasteiger charge is 1.99. The van der Waals surface area contributed by atoms with Crippen LogP contribution in [0.3, 0.4) is 0 Å². The molecule has 0 aromatic heterocycles. The molecular formula is C6H17N3O. The Morgan fingerprint density at radius 3 is 2.50 bits per heavy atom. The number of aliphatic hydroxyl groups is 1. The van der Waals surface area contributed by atoms with Gasteiger partial charge in [-0.05, 0) is 13.8 Å². The average Bonchev–Trinajstić information content (AvgIpc) is 1.82. The van der Waals surface area contributed by atoms with Crippen molar-refractivity contribution in [3.05, 3.63) is 0 Å². The van der Waals surface area contributed by atoms with Gasteiger partial charge in [0, 0.05) is 6.54 Å². The molecule has 4 nitrogen and oxygen atoms in total. The summed E-state index contributed by atoms with van der Waals surface area (Å²) in [4.78, 5) is 0. The maximum Gasteiger partial charge on any atom is 0.0556 e. The van der Waals surface area contributed by atoms with Crippen LogP contribution in [0.1, 0.15) is 13.8 Å². The number of rotatable bonds is 5. The Balaban J connectivity index is 3.16. The molecule has 2 unspecified atom stereocenters. The Labute approximate surface area is 61.8 Å². The zero-order valence-corrected chi connectivity index (χ0v) is 6.59. The predicted molar refractivity (Wildman–Crippen MR) is 41.3 cm³/mol. The van der Waals surface area contributed by atoms with Gasteiger partial charge in [-0.3, -0.25) is 10.6 Å². The van der Waals surface area contributed by atoms with Crippen LogP contribution >= 0.6 is 0 Å². The Morgan fingerprint density at radius 1 is 1.50 bits per heavy atom. The van der Waals surface area contributed by atoms with E-state index >= 15 is 0 Å². The van der Waals surface area contributed by atoms with Crippen LogP contribution in [0.5, 0.6) is 0 Å². The van der Waals surface area contributed by atoms with E-state index in [1.165, 1.54) is 0 Å². The second-order valence-corrected chi connectivity index (χ2v) is 2.35. The number of nitrogens with one attached hydrogen (secondary N) is 2. The van der Waals surface area contributed by atoms with Crippen LogP contribution in [0.25, 0.3) is 0 Å². The Morgan fingerprint density at radius 2 is 2.10 bits per heavy atom. The quantitative estimate of drug-likeness (QED) is 0.369. The lowest BCUT2D eigenvalue weighted by Crippen LogP contribution is -2.48. The highest BCUT2D eigenvalue weighted by atomic mass is 16.3. The van der Waals surface area contributed by atoms with E-state index in [9.17, 15) is 0 Å². The van der Waals surface area contributed by atoms with Gasteiger partial charge in [-0.1, -0.05) is 0 Å². The molecule has 0 fully saturated rings. The molecule has 5 N–H and O–H groups in total. The van der Waals surface area contributed by atoms with E-state index in [-0.39, 0.29) is 18.9 Å². The van der Waals surface area contributed by atoms with Gasteiger partial charge in [0.05, 0.1) is 18.9 Å². The number of hydrogen-bond acceptors (Lipinski definition) is 4. The second kappa shape index (κ2) is 5.61. The summed E-state index contributed by atoms with van der Waals surface area (Å²) in [7, 11) is 0. The molecule has 0 heterocycles. The lowest BCUT2D eigenvalue weighted by molar-refractivity contribution is 0.276. The summed E-state index contributed by atoms with van der Waals surface area (Å²) in [5.74, 6) is 0. The van der Waals surface area contributed by atoms with Crippen LogP contribution in [0.15, 0.2) is 0 Å². The van der Waals surface area contributed by atoms with E-state index in [2.05, 4.69) is 10.6 Å². The van der Waals surface area contributed by atoms with Gasteiger partial charge in [-0.25, -0.2) is 0 Å². The fraction of sp³-hybridized carbons (Fsp3) is 1.00. The molecule has 0 aliphatic heterocycles. The zero-order valence-electron chi connectivity index (χ0n) is 6.59. The van der Waals surface area contributed by atoms with E-state index < -0.39 is 0 Å². The maximum atomic E-state index is 8.43. The second-order valence-electron chi connectivity index (χ2n) is 2.35. The molecule has 2 atom stereocenters. The predicted octanol–water partition coefficient (Wildman–Crippen LogP) is -1.19. The fourth-order valence-electron chi connectivity index (χ4n) is 0.734. The Hall–Kier alpha value is -0.160. The third-order valence-electron chi connectivity index (χ3n) is 1.08. The van der Waals surface area contributed by atoms with Crippen molar-refractivity contribution in [3.63, 3.8) is 0 Å². The molecule has 0 bridgehead atoms. The molecule has 0 aliphatic carbocycles. The van der Waals surface area contributed by atoms with Crippen molar-refractivity contribution in [2.24, 2.45) is 5.73 Å². The normalized spacial score (nSPS) is 16.8. The minimum Gasteiger partial charge on any atom is -0.395 e. The van der Waals surface area contributed by atoms with Gasteiger partial charge in [-0.2, -0.15) is 0 Å². The lowest BCUT2D eigenvalue weighted by Gasteiger charge is -2.17. The minimum atomic E-state index is -0.0128. The van der Waals surface area contributed by atoms with E-state index in [1.54, 1.807) is 0 Å². The topological polar surface area (TPSA) is 70.3 Å². The van der Waals surface area contributed by atoms with Crippen molar-refractivity contribution in [1.82, 2.24) is 10.6 Å². The van der Waals surface area contributed by atoms with Crippen LogP contribution in [0, 0.1) is 0 Å². The number of aliphatic hydroxyl groups excluding tert-OH is 1. The molecule has 0 aliphatic rings. The molecule has 0 radical (unpaired) electrons. The highest BCUT2D eigenvalue weighted by molar-refractivity contribution is 4.59. The van der Waals surface area contributed by atoms with E-state index in [1.807, 2.05) is 13.8 Å². The summed E-state index contributed by atoms with van der Waals surface area (Å²) in [6.45, 7) is 4.59. The average molecular weight is 147 g/mol. The third-order valence-corrected chi connectivity index (χ3v) is 1.08. The maximum absolute atomic E-state index is 8.43. The van der Waals surface area contributed by atoms with Crippen LogP contribution in [0.4, 0.5) is 0 Å². The zero-order chi connectivity index (χ0) is 7.98. The molecule has 0 saturated carbocycles. The summed E-state index contributed by atoms with van der Waals surface area (Å²) in [5, 5.41) is 14.5. The summed E-state index contributed by atoms with van der Waals surface area (Å²) in [6, 6.07) is 0. The molecule has 4 heteroatoms. The van der Waals surface area contributed by atoms with Gasteiger partial charge in [0.1, 0.15) is 0 Å². The number of nitrogens with two attached hydrogens (primary N) is 1. The van der Waals surface area contributed by atoms with Crippen LogP contribution in [0.2, 0.25) is 0 Å². The third kappa shape index (κ3) is 5.97. The summed E-state index contributed by atoms with van der Waals surface area (Å²) in [6.07, 6.45) is 0.147. The summed E-state index contributed by atoms with van der Waals surface area (Å²) >= 11 is 0. The van der Waals surface area contributed by atoms with E-state index in [4.69, 9.17) is 10.8 Å². The molecule has 0 spiro atoms. The van der Waals surface area contributed by atoms with Crippen molar-refractivity contribution in [2.45, 2.75) is 26.2 Å². The van der Waals surface area contributed by atoms with Gasteiger partial charge in [0.15, 0.2) is 0 Å². The smallest absolute Gasteiger partial charge is 0.0556 e. The molecule has 62 valence electrons. The van der Waals surface area contributed by atoms with Gasteiger partial charge >= 0.3 is 0 Å². The lowest BCUT2D eigenvalue weighted by atomic mass is 10.4. The molecule has 10 heavy (non-hydrogen) atoms. The summed E-state index contributed by atoms with van der Waals surface area (Å²) in [5.41, 5.74) is 5.45. The van der Waals surface area contributed by atoms with Crippen molar-refractivity contribution in [1.29, 1.82) is 0 Å². The monoisotopic (exact) mass is 147 g/mol. The summed E-state index contributed by atoms with van der Waals surface area (Å²) < 4.78 is 0. The van der Waals surface area contributed by atoms with Crippen LogP contribution < -0.4 is 16.4 Å². The van der Waals surface area contributed by atoms with Crippen molar-refractivity contribution >= 4 is 0 Å². The van der Waals surface area contributed by atoms with Gasteiger partial charge in [0.2, 0.25) is 0 Å². The standard InChI is InChI=1S/C6H17N3O/c1-5(7)9-6(2)8-3-4-10/h5-6,8-10H,3-4,7H2,1-2H3. The van der Waals surface area contributed by atoms with Crippen LogP contribution in [-0.2, 0) is 0 Å². The molecule has 0 aromatic rings. The molecule has 0 aromatic carbocycles. The fourth-order valence-corrected chi connectivity index (χ4v) is 0.734. The van der Waals surface area contributed by atoms with Crippen LogP contribution in [-0.4, -0.2) is 30.6 Å². The first kappa shape index (κ1) is 9.84. The molecule has 0 amide bonds. The first-order valence-corrected chi connectivity index (χ1v) is 3.52. The Kier molecular flexibility index (Phi) is 5.52. The van der Waals surface area contributed by atoms with Gasteiger partial charge < -0.3 is 10.8 Å². The minimum absolute atomic E-state index is 0.0128. The van der Waals surface area contributed by atoms with Gasteiger partial charge in [0.25, 0.3) is 0 Å². The van der Waals surface area contributed by atoms with Crippen molar-refractivity contribution in [3.8, 4) is 0 Å². The van der Waals surface area contributed by atoms with E-state index in [0.29, 0.717) is 6.54 Å². The largest absolute Gasteiger partial charge is 0.395 e. The van der Waals surface area contributed by atoms with Crippen molar-refractivity contribution < 1.29 is 5.11 Å². The molecule has 0 saturated heterocycles. The highest BCUT2D eigenvalue weighted by Crippen LogP contribution is 1.75. The Bertz CT molecular complexity index is 77.4. The first-order chi connectivity index (χ1) is 4.66. The molecular weight excluding hydrogens is 130 g/mol. The van der Waals surface area contributed by atoms with E-state index in [0.717, 1.165) is 0 Å². The first-order valence-electron chi connectivity index (χ1n) is 3.52. The van der Waals surface area contributed by atoms with Gasteiger partial charge in [-0.15, -0.1) is 0 Å². The van der Waals surface area contributed by atoms with Crippen molar-refractivity contribution in [2.75, 3.05) is 13.2 Å².